The Morgan fingerprint density at radius 2 is 2.38 bits per heavy atom. The van der Waals surface area contributed by atoms with Gasteiger partial charge in [0.1, 0.15) is 5.75 Å². The van der Waals surface area contributed by atoms with Crippen molar-refractivity contribution in [1.29, 1.82) is 0 Å². The molecule has 1 amide bonds. The van der Waals surface area contributed by atoms with Crippen LogP contribution in [0.4, 0.5) is 0 Å². The van der Waals surface area contributed by atoms with E-state index in [-0.39, 0.29) is 5.91 Å². The van der Waals surface area contributed by atoms with E-state index in [1.807, 2.05) is 31.2 Å². The fourth-order valence-electron chi connectivity index (χ4n) is 2.47. The third-order valence-corrected chi connectivity index (χ3v) is 3.68. The molecule has 0 aliphatic carbocycles. The van der Waals surface area contributed by atoms with Gasteiger partial charge in [0, 0.05) is 32.2 Å². The standard InChI is InChI=1S/C16H25N3O2/c1-3-21-15-6-4-5-14(9-15)11-18-16(20)12-19-8-7-17-10-13(19)2/h4-6,9,13,17H,3,7-8,10-12H2,1-2H3,(H,18,20)/t13-/m0/s1. The molecular weight excluding hydrogens is 266 g/mol. The third kappa shape index (κ3) is 5.02. The monoisotopic (exact) mass is 291 g/mol. The van der Waals surface area contributed by atoms with Crippen LogP contribution >= 0.6 is 0 Å². The highest BCUT2D eigenvalue weighted by Crippen LogP contribution is 2.13. The number of benzene rings is 1. The van der Waals surface area contributed by atoms with Crippen molar-refractivity contribution in [2.24, 2.45) is 0 Å². The van der Waals surface area contributed by atoms with Crippen LogP contribution in [-0.2, 0) is 11.3 Å². The van der Waals surface area contributed by atoms with Gasteiger partial charge in [0.25, 0.3) is 0 Å². The lowest BCUT2D eigenvalue weighted by Crippen LogP contribution is -2.52. The molecule has 1 saturated heterocycles. The van der Waals surface area contributed by atoms with Crippen LogP contribution in [0.25, 0.3) is 0 Å². The predicted molar refractivity (Wildman–Crippen MR) is 83.4 cm³/mol. The summed E-state index contributed by atoms with van der Waals surface area (Å²) in [5.74, 6) is 0.922. The molecule has 2 N–H and O–H groups in total. The van der Waals surface area contributed by atoms with Gasteiger partial charge in [0.05, 0.1) is 13.2 Å². The first-order valence-corrected chi connectivity index (χ1v) is 7.62. The van der Waals surface area contributed by atoms with Crippen LogP contribution in [0.15, 0.2) is 24.3 Å². The Kier molecular flexibility index (Phi) is 6.02. The maximum absolute atomic E-state index is 12.0. The maximum atomic E-state index is 12.0. The van der Waals surface area contributed by atoms with Crippen LogP contribution in [-0.4, -0.2) is 49.6 Å². The maximum Gasteiger partial charge on any atom is 0.234 e. The number of carbonyl (C=O) groups is 1. The smallest absolute Gasteiger partial charge is 0.234 e. The summed E-state index contributed by atoms with van der Waals surface area (Å²) in [4.78, 5) is 14.2. The number of piperazine rings is 1. The van der Waals surface area contributed by atoms with E-state index in [0.29, 0.717) is 25.7 Å². The normalized spacial score (nSPS) is 19.2. The second kappa shape index (κ2) is 8.00. The fraction of sp³-hybridized carbons (Fsp3) is 0.562. The summed E-state index contributed by atoms with van der Waals surface area (Å²) in [6.07, 6.45) is 0. The van der Waals surface area contributed by atoms with Crippen molar-refractivity contribution in [2.45, 2.75) is 26.4 Å². The van der Waals surface area contributed by atoms with E-state index in [9.17, 15) is 4.79 Å². The summed E-state index contributed by atoms with van der Waals surface area (Å²) in [6.45, 7) is 8.59. The Morgan fingerprint density at radius 1 is 1.52 bits per heavy atom. The molecule has 1 atom stereocenters. The molecule has 1 fully saturated rings. The average Bonchev–Trinajstić information content (AvgIpc) is 2.48. The molecule has 0 unspecified atom stereocenters. The van der Waals surface area contributed by atoms with E-state index >= 15 is 0 Å². The highest BCUT2D eigenvalue weighted by molar-refractivity contribution is 5.78. The van der Waals surface area contributed by atoms with Gasteiger partial charge < -0.3 is 15.4 Å². The van der Waals surface area contributed by atoms with Crippen LogP contribution in [0.5, 0.6) is 5.75 Å². The molecule has 21 heavy (non-hydrogen) atoms. The van der Waals surface area contributed by atoms with Gasteiger partial charge >= 0.3 is 0 Å². The minimum Gasteiger partial charge on any atom is -0.494 e. The van der Waals surface area contributed by atoms with Crippen molar-refractivity contribution in [1.82, 2.24) is 15.5 Å². The second-order valence-electron chi connectivity index (χ2n) is 5.38. The van der Waals surface area contributed by atoms with E-state index in [1.54, 1.807) is 0 Å². The summed E-state index contributed by atoms with van der Waals surface area (Å²) in [5.41, 5.74) is 1.06. The molecule has 5 heteroatoms. The fourth-order valence-corrected chi connectivity index (χ4v) is 2.47. The SMILES string of the molecule is CCOc1cccc(CNC(=O)CN2CCNC[C@@H]2C)c1. The average molecular weight is 291 g/mol. The highest BCUT2D eigenvalue weighted by Gasteiger charge is 2.19. The molecule has 1 aliphatic heterocycles. The van der Waals surface area contributed by atoms with Gasteiger partial charge in [-0.25, -0.2) is 0 Å². The number of ether oxygens (including phenoxy) is 1. The van der Waals surface area contributed by atoms with Gasteiger partial charge in [-0.05, 0) is 31.5 Å². The quantitative estimate of drug-likeness (QED) is 0.821. The Bertz CT molecular complexity index is 465. The Balaban J connectivity index is 1.79. The molecule has 1 aliphatic rings. The van der Waals surface area contributed by atoms with Crippen molar-refractivity contribution in [3.63, 3.8) is 0 Å². The Labute approximate surface area is 126 Å². The second-order valence-corrected chi connectivity index (χ2v) is 5.38. The zero-order chi connectivity index (χ0) is 15.1. The Hall–Kier alpha value is -1.59. The molecule has 0 spiro atoms. The summed E-state index contributed by atoms with van der Waals surface area (Å²) in [6, 6.07) is 8.25. The molecule has 1 aromatic rings. The van der Waals surface area contributed by atoms with Crippen LogP contribution in [0.1, 0.15) is 19.4 Å². The molecule has 0 bridgehead atoms. The summed E-state index contributed by atoms with van der Waals surface area (Å²) >= 11 is 0. The van der Waals surface area contributed by atoms with Crippen molar-refractivity contribution in [3.05, 3.63) is 29.8 Å². The van der Waals surface area contributed by atoms with Crippen LogP contribution in [0.3, 0.4) is 0 Å². The summed E-state index contributed by atoms with van der Waals surface area (Å²) in [5, 5.41) is 6.31. The van der Waals surface area contributed by atoms with E-state index in [2.05, 4.69) is 22.5 Å². The molecule has 5 nitrogen and oxygen atoms in total. The van der Waals surface area contributed by atoms with E-state index in [4.69, 9.17) is 4.74 Å². The van der Waals surface area contributed by atoms with Gasteiger partial charge in [-0.3, -0.25) is 9.69 Å². The first kappa shape index (κ1) is 15.8. The van der Waals surface area contributed by atoms with Crippen molar-refractivity contribution < 1.29 is 9.53 Å². The van der Waals surface area contributed by atoms with Gasteiger partial charge in [-0.1, -0.05) is 12.1 Å². The minimum absolute atomic E-state index is 0.0746. The lowest BCUT2D eigenvalue weighted by Gasteiger charge is -2.33. The first-order valence-electron chi connectivity index (χ1n) is 7.62. The minimum atomic E-state index is 0.0746. The van der Waals surface area contributed by atoms with E-state index < -0.39 is 0 Å². The zero-order valence-electron chi connectivity index (χ0n) is 12.9. The molecule has 0 saturated carbocycles. The molecular formula is C16H25N3O2. The molecule has 0 aromatic heterocycles. The van der Waals surface area contributed by atoms with Gasteiger partial charge in [0.15, 0.2) is 0 Å². The van der Waals surface area contributed by atoms with Crippen molar-refractivity contribution in [3.8, 4) is 5.75 Å². The summed E-state index contributed by atoms with van der Waals surface area (Å²) in [7, 11) is 0. The lowest BCUT2D eigenvalue weighted by molar-refractivity contribution is -0.123. The molecule has 116 valence electrons. The van der Waals surface area contributed by atoms with Crippen molar-refractivity contribution in [2.75, 3.05) is 32.8 Å². The zero-order valence-corrected chi connectivity index (χ0v) is 12.9. The molecule has 2 rings (SSSR count). The van der Waals surface area contributed by atoms with Crippen LogP contribution in [0.2, 0.25) is 0 Å². The van der Waals surface area contributed by atoms with E-state index in [1.165, 1.54) is 0 Å². The number of amides is 1. The van der Waals surface area contributed by atoms with Crippen LogP contribution in [0, 0.1) is 0 Å². The van der Waals surface area contributed by atoms with Gasteiger partial charge in [-0.2, -0.15) is 0 Å². The molecule has 1 aromatic carbocycles. The number of carbonyl (C=O) groups excluding carboxylic acids is 1. The first-order chi connectivity index (χ1) is 10.2. The number of rotatable bonds is 6. The third-order valence-electron chi connectivity index (χ3n) is 3.68. The predicted octanol–water partition coefficient (Wildman–Crippen LogP) is 0.995. The molecule has 1 heterocycles. The van der Waals surface area contributed by atoms with Crippen molar-refractivity contribution >= 4 is 5.91 Å². The number of nitrogens with zero attached hydrogens (tertiary/aromatic N) is 1. The van der Waals surface area contributed by atoms with Crippen LogP contribution < -0.4 is 15.4 Å². The number of nitrogens with one attached hydrogen (secondary N) is 2. The van der Waals surface area contributed by atoms with Gasteiger partial charge in [-0.15, -0.1) is 0 Å². The lowest BCUT2D eigenvalue weighted by atomic mass is 10.2. The molecule has 0 radical (unpaired) electrons. The number of hydrogen-bond acceptors (Lipinski definition) is 4. The topological polar surface area (TPSA) is 53.6 Å². The van der Waals surface area contributed by atoms with Gasteiger partial charge in [0.2, 0.25) is 5.91 Å². The largest absolute Gasteiger partial charge is 0.494 e. The summed E-state index contributed by atoms with van der Waals surface area (Å²) < 4.78 is 5.46. The van der Waals surface area contributed by atoms with E-state index in [0.717, 1.165) is 30.9 Å². The number of hydrogen-bond donors (Lipinski definition) is 2. The Morgan fingerprint density at radius 3 is 3.14 bits per heavy atom. The highest BCUT2D eigenvalue weighted by atomic mass is 16.5.